The van der Waals surface area contributed by atoms with E-state index in [9.17, 15) is 0 Å². The van der Waals surface area contributed by atoms with Gasteiger partial charge in [0, 0.05) is 11.8 Å². The summed E-state index contributed by atoms with van der Waals surface area (Å²) in [7, 11) is 0. The minimum atomic E-state index is 0.757. The molecule has 13 heavy (non-hydrogen) atoms. The first-order chi connectivity index (χ1) is 6.33. The van der Waals surface area contributed by atoms with E-state index < -0.39 is 0 Å². The molecule has 0 atom stereocenters. The Labute approximate surface area is 79.7 Å². The van der Waals surface area contributed by atoms with Gasteiger partial charge in [-0.3, -0.25) is 0 Å². The van der Waals surface area contributed by atoms with E-state index in [0.717, 1.165) is 24.5 Å². The first-order valence-electron chi connectivity index (χ1n) is 4.81. The quantitative estimate of drug-likeness (QED) is 0.557. The molecule has 2 N–H and O–H groups in total. The molecule has 2 heteroatoms. The zero-order valence-corrected chi connectivity index (χ0v) is 8.12. The highest BCUT2D eigenvalue weighted by molar-refractivity contribution is 5.43. The Morgan fingerprint density at radius 2 is 2.15 bits per heavy atom. The lowest BCUT2D eigenvalue weighted by molar-refractivity contribution is 0.306. The standard InChI is InChI=1S/C11H17NO/c1-2-3-4-8-13-11-7-5-6-10(12)9-11/h5-7,9H,2-4,8,12H2,1H3. The number of benzene rings is 1. The predicted octanol–water partition coefficient (Wildman–Crippen LogP) is 2.84. The molecule has 2 nitrogen and oxygen atoms in total. The van der Waals surface area contributed by atoms with Gasteiger partial charge in [0.05, 0.1) is 6.61 Å². The molecule has 0 unspecified atom stereocenters. The molecule has 1 rings (SSSR count). The Bertz CT molecular complexity index is 248. The van der Waals surface area contributed by atoms with Crippen LogP contribution < -0.4 is 10.5 Å². The first-order valence-corrected chi connectivity index (χ1v) is 4.81. The molecule has 72 valence electrons. The van der Waals surface area contributed by atoms with Crippen LogP contribution in [-0.4, -0.2) is 6.61 Å². The van der Waals surface area contributed by atoms with Crippen LogP contribution in [0.2, 0.25) is 0 Å². The molecule has 0 aliphatic rings. The number of hydrogen-bond donors (Lipinski definition) is 1. The zero-order valence-electron chi connectivity index (χ0n) is 8.12. The van der Waals surface area contributed by atoms with Crippen LogP contribution in [0.25, 0.3) is 0 Å². The van der Waals surface area contributed by atoms with Gasteiger partial charge in [-0.2, -0.15) is 0 Å². The van der Waals surface area contributed by atoms with Crippen molar-refractivity contribution in [3.63, 3.8) is 0 Å². The topological polar surface area (TPSA) is 35.2 Å². The second-order valence-corrected chi connectivity index (χ2v) is 3.13. The van der Waals surface area contributed by atoms with Crippen molar-refractivity contribution < 1.29 is 4.74 Å². The van der Waals surface area contributed by atoms with E-state index >= 15 is 0 Å². The van der Waals surface area contributed by atoms with Gasteiger partial charge in [-0.05, 0) is 18.6 Å². The summed E-state index contributed by atoms with van der Waals surface area (Å²) < 4.78 is 5.51. The fraction of sp³-hybridized carbons (Fsp3) is 0.455. The van der Waals surface area contributed by atoms with Crippen molar-refractivity contribution in [2.45, 2.75) is 26.2 Å². The highest BCUT2D eigenvalue weighted by atomic mass is 16.5. The molecule has 0 amide bonds. The van der Waals surface area contributed by atoms with E-state index in [4.69, 9.17) is 10.5 Å². The molecule has 0 aliphatic carbocycles. The van der Waals surface area contributed by atoms with Crippen LogP contribution in [0.1, 0.15) is 26.2 Å². The molecule has 0 radical (unpaired) electrons. The third-order valence-corrected chi connectivity index (χ3v) is 1.87. The Balaban J connectivity index is 2.28. The molecule has 1 aromatic carbocycles. The fourth-order valence-electron chi connectivity index (χ4n) is 1.15. The van der Waals surface area contributed by atoms with Gasteiger partial charge in [-0.1, -0.05) is 25.8 Å². The van der Waals surface area contributed by atoms with Gasteiger partial charge in [0.2, 0.25) is 0 Å². The van der Waals surface area contributed by atoms with Crippen LogP contribution >= 0.6 is 0 Å². The van der Waals surface area contributed by atoms with Gasteiger partial charge < -0.3 is 10.5 Å². The van der Waals surface area contributed by atoms with Gasteiger partial charge in [0.1, 0.15) is 5.75 Å². The van der Waals surface area contributed by atoms with E-state index in [1.54, 1.807) is 0 Å². The van der Waals surface area contributed by atoms with Crippen molar-refractivity contribution in [3.8, 4) is 5.75 Å². The average molecular weight is 179 g/mol. The third-order valence-electron chi connectivity index (χ3n) is 1.87. The van der Waals surface area contributed by atoms with Crippen LogP contribution in [0.5, 0.6) is 5.75 Å². The Morgan fingerprint density at radius 1 is 1.31 bits per heavy atom. The maximum Gasteiger partial charge on any atom is 0.121 e. The van der Waals surface area contributed by atoms with Gasteiger partial charge in [-0.25, -0.2) is 0 Å². The van der Waals surface area contributed by atoms with E-state index in [-0.39, 0.29) is 0 Å². The van der Waals surface area contributed by atoms with E-state index in [1.165, 1.54) is 12.8 Å². The van der Waals surface area contributed by atoms with Crippen molar-refractivity contribution in [2.75, 3.05) is 12.3 Å². The van der Waals surface area contributed by atoms with Crippen molar-refractivity contribution in [1.29, 1.82) is 0 Å². The van der Waals surface area contributed by atoms with Crippen molar-refractivity contribution in [3.05, 3.63) is 24.3 Å². The monoisotopic (exact) mass is 179 g/mol. The molecular weight excluding hydrogens is 162 g/mol. The maximum atomic E-state index is 5.61. The van der Waals surface area contributed by atoms with Crippen molar-refractivity contribution in [1.82, 2.24) is 0 Å². The lowest BCUT2D eigenvalue weighted by atomic mass is 10.2. The van der Waals surface area contributed by atoms with Gasteiger partial charge in [-0.15, -0.1) is 0 Å². The number of rotatable bonds is 5. The smallest absolute Gasteiger partial charge is 0.121 e. The van der Waals surface area contributed by atoms with Crippen LogP contribution in [0.4, 0.5) is 5.69 Å². The van der Waals surface area contributed by atoms with Crippen LogP contribution in [0.15, 0.2) is 24.3 Å². The van der Waals surface area contributed by atoms with E-state index in [1.807, 2.05) is 24.3 Å². The van der Waals surface area contributed by atoms with Gasteiger partial charge in [0.15, 0.2) is 0 Å². The minimum Gasteiger partial charge on any atom is -0.494 e. The summed E-state index contributed by atoms with van der Waals surface area (Å²) in [5.74, 6) is 0.871. The van der Waals surface area contributed by atoms with Crippen LogP contribution in [0.3, 0.4) is 0 Å². The summed E-state index contributed by atoms with van der Waals surface area (Å²) >= 11 is 0. The molecule has 0 saturated heterocycles. The Hall–Kier alpha value is -1.18. The van der Waals surface area contributed by atoms with Crippen LogP contribution in [0, 0.1) is 0 Å². The van der Waals surface area contributed by atoms with E-state index in [2.05, 4.69) is 6.92 Å². The molecular formula is C11H17NO. The lowest BCUT2D eigenvalue weighted by Crippen LogP contribution is -1.97. The highest BCUT2D eigenvalue weighted by Gasteiger charge is 1.93. The molecule has 0 fully saturated rings. The summed E-state index contributed by atoms with van der Waals surface area (Å²) in [6.07, 6.45) is 3.56. The number of unbranched alkanes of at least 4 members (excludes halogenated alkanes) is 2. The normalized spacial score (nSPS) is 9.92. The summed E-state index contributed by atoms with van der Waals surface area (Å²) in [6.45, 7) is 2.97. The summed E-state index contributed by atoms with van der Waals surface area (Å²) in [6, 6.07) is 7.55. The molecule has 0 saturated carbocycles. The maximum absolute atomic E-state index is 5.61. The number of nitrogen functional groups attached to an aromatic ring is 1. The second kappa shape index (κ2) is 5.46. The Morgan fingerprint density at radius 3 is 2.85 bits per heavy atom. The molecule has 0 aliphatic heterocycles. The van der Waals surface area contributed by atoms with Crippen molar-refractivity contribution >= 4 is 5.69 Å². The summed E-state index contributed by atoms with van der Waals surface area (Å²) in [5.41, 5.74) is 6.37. The first kappa shape index (κ1) is 9.90. The number of anilines is 1. The summed E-state index contributed by atoms with van der Waals surface area (Å²) in [5, 5.41) is 0. The van der Waals surface area contributed by atoms with Gasteiger partial charge >= 0.3 is 0 Å². The highest BCUT2D eigenvalue weighted by Crippen LogP contribution is 2.14. The van der Waals surface area contributed by atoms with E-state index in [0.29, 0.717) is 0 Å². The minimum absolute atomic E-state index is 0.757. The SMILES string of the molecule is CCCCCOc1cccc(N)c1. The number of ether oxygens (including phenoxy) is 1. The third kappa shape index (κ3) is 3.83. The molecule has 1 aromatic rings. The number of nitrogens with two attached hydrogens (primary N) is 1. The molecule has 0 spiro atoms. The number of hydrogen-bond acceptors (Lipinski definition) is 2. The van der Waals surface area contributed by atoms with Gasteiger partial charge in [0.25, 0.3) is 0 Å². The van der Waals surface area contributed by atoms with Crippen LogP contribution in [-0.2, 0) is 0 Å². The molecule has 0 aromatic heterocycles. The predicted molar refractivity (Wildman–Crippen MR) is 55.9 cm³/mol. The molecule has 0 heterocycles. The lowest BCUT2D eigenvalue weighted by Gasteiger charge is -2.05. The average Bonchev–Trinajstić information content (AvgIpc) is 2.13. The fourth-order valence-corrected chi connectivity index (χ4v) is 1.15. The Kier molecular flexibility index (Phi) is 4.16. The summed E-state index contributed by atoms with van der Waals surface area (Å²) in [4.78, 5) is 0. The second-order valence-electron chi connectivity index (χ2n) is 3.13. The largest absolute Gasteiger partial charge is 0.494 e. The zero-order chi connectivity index (χ0) is 9.52. The molecule has 0 bridgehead atoms. The van der Waals surface area contributed by atoms with Crippen molar-refractivity contribution in [2.24, 2.45) is 0 Å².